The van der Waals surface area contributed by atoms with E-state index in [1.54, 1.807) is 7.11 Å². The normalized spacial score (nSPS) is 10.1. The molecule has 0 atom stereocenters. The third kappa shape index (κ3) is 5.05. The van der Waals surface area contributed by atoms with E-state index >= 15 is 0 Å². The van der Waals surface area contributed by atoms with Gasteiger partial charge in [0.15, 0.2) is 0 Å². The molecule has 100 valence electrons. The molecule has 0 aliphatic heterocycles. The van der Waals surface area contributed by atoms with Crippen molar-refractivity contribution in [1.29, 1.82) is 0 Å². The van der Waals surface area contributed by atoms with Crippen LogP contribution in [-0.4, -0.2) is 32.7 Å². The first-order chi connectivity index (χ1) is 8.63. The summed E-state index contributed by atoms with van der Waals surface area (Å²) in [5.41, 5.74) is 8.50. The molecule has 0 radical (unpaired) electrons. The lowest BCUT2D eigenvalue weighted by Crippen LogP contribution is -2.28. The Morgan fingerprint density at radius 2 is 2.17 bits per heavy atom. The number of benzene rings is 1. The van der Waals surface area contributed by atoms with Gasteiger partial charge in [0, 0.05) is 38.0 Å². The number of ether oxygens (including phenoxy) is 1. The van der Waals surface area contributed by atoms with Crippen molar-refractivity contribution in [3.05, 3.63) is 23.8 Å². The summed E-state index contributed by atoms with van der Waals surface area (Å²) in [7, 11) is 1.61. The number of anilines is 2. The number of hydrogen-bond donors (Lipinski definition) is 3. The van der Waals surface area contributed by atoms with Crippen LogP contribution in [0.5, 0.6) is 0 Å². The molecule has 0 heterocycles. The summed E-state index contributed by atoms with van der Waals surface area (Å²) in [6.07, 6.45) is 0.438. The van der Waals surface area contributed by atoms with E-state index in [1.807, 2.05) is 25.1 Å². The zero-order valence-electron chi connectivity index (χ0n) is 11.0. The number of nitrogens with two attached hydrogens (primary N) is 1. The summed E-state index contributed by atoms with van der Waals surface area (Å²) in [5, 5.41) is 5.98. The van der Waals surface area contributed by atoms with Gasteiger partial charge in [-0.15, -0.1) is 0 Å². The molecule has 1 rings (SSSR count). The lowest BCUT2D eigenvalue weighted by atomic mass is 10.2. The number of aryl methyl sites for hydroxylation is 1. The van der Waals surface area contributed by atoms with Crippen molar-refractivity contribution in [3.8, 4) is 0 Å². The first-order valence-electron chi connectivity index (χ1n) is 5.99. The molecule has 18 heavy (non-hydrogen) atoms. The van der Waals surface area contributed by atoms with Crippen molar-refractivity contribution >= 4 is 17.3 Å². The third-order valence-corrected chi connectivity index (χ3v) is 2.55. The molecule has 0 saturated heterocycles. The summed E-state index contributed by atoms with van der Waals surface area (Å²) in [6, 6.07) is 5.67. The van der Waals surface area contributed by atoms with Gasteiger partial charge in [-0.25, -0.2) is 0 Å². The highest BCUT2D eigenvalue weighted by Crippen LogP contribution is 2.17. The molecular formula is C13H21N3O2. The van der Waals surface area contributed by atoms with Crippen molar-refractivity contribution in [2.75, 3.05) is 37.9 Å². The lowest BCUT2D eigenvalue weighted by molar-refractivity contribution is -0.121. The molecule has 0 aromatic heterocycles. The van der Waals surface area contributed by atoms with Gasteiger partial charge in [0.2, 0.25) is 5.91 Å². The van der Waals surface area contributed by atoms with E-state index in [9.17, 15) is 4.79 Å². The summed E-state index contributed by atoms with van der Waals surface area (Å²) < 4.78 is 4.85. The minimum absolute atomic E-state index is 0.0210. The van der Waals surface area contributed by atoms with Crippen molar-refractivity contribution in [3.63, 3.8) is 0 Å². The number of methoxy groups -OCH3 is 1. The van der Waals surface area contributed by atoms with Gasteiger partial charge in [0.25, 0.3) is 0 Å². The zero-order valence-corrected chi connectivity index (χ0v) is 11.0. The number of carbonyl (C=O) groups excluding carboxylic acids is 1. The molecule has 0 spiro atoms. The van der Waals surface area contributed by atoms with Crippen molar-refractivity contribution in [2.24, 2.45) is 0 Å². The third-order valence-electron chi connectivity index (χ3n) is 2.55. The Morgan fingerprint density at radius 3 is 2.83 bits per heavy atom. The topological polar surface area (TPSA) is 76.4 Å². The average molecular weight is 251 g/mol. The minimum Gasteiger partial charge on any atom is -0.399 e. The van der Waals surface area contributed by atoms with Crippen molar-refractivity contribution in [1.82, 2.24) is 5.32 Å². The molecule has 0 bridgehead atoms. The molecular weight excluding hydrogens is 230 g/mol. The molecule has 1 amide bonds. The predicted molar refractivity (Wildman–Crippen MR) is 73.6 cm³/mol. The Bertz CT molecular complexity index is 394. The smallest absolute Gasteiger partial charge is 0.221 e. The standard InChI is InChI=1S/C13H21N3O2/c1-10-9-11(14)3-4-12(10)15-6-5-13(17)16-7-8-18-2/h3-4,9,15H,5-8,14H2,1-2H3,(H,16,17). The summed E-state index contributed by atoms with van der Waals surface area (Å²) in [5.74, 6) is 0.0210. The van der Waals surface area contributed by atoms with Crippen molar-refractivity contribution in [2.45, 2.75) is 13.3 Å². The number of nitrogens with one attached hydrogen (secondary N) is 2. The van der Waals surface area contributed by atoms with Crippen LogP contribution < -0.4 is 16.4 Å². The van der Waals surface area contributed by atoms with Gasteiger partial charge in [0.05, 0.1) is 6.61 Å². The first kappa shape index (κ1) is 14.3. The van der Waals surface area contributed by atoms with Crippen LogP contribution in [0.4, 0.5) is 11.4 Å². The zero-order chi connectivity index (χ0) is 13.4. The molecule has 0 fully saturated rings. The van der Waals surface area contributed by atoms with Crippen LogP contribution in [0.25, 0.3) is 0 Å². The van der Waals surface area contributed by atoms with E-state index in [1.165, 1.54) is 0 Å². The lowest BCUT2D eigenvalue weighted by Gasteiger charge is -2.10. The number of hydrogen-bond acceptors (Lipinski definition) is 4. The Labute approximate surface area is 108 Å². The average Bonchev–Trinajstić information content (AvgIpc) is 2.32. The fourth-order valence-electron chi connectivity index (χ4n) is 1.58. The highest BCUT2D eigenvalue weighted by molar-refractivity contribution is 5.76. The summed E-state index contributed by atoms with van der Waals surface area (Å²) >= 11 is 0. The van der Waals surface area contributed by atoms with Gasteiger partial charge in [-0.1, -0.05) is 0 Å². The second-order valence-corrected chi connectivity index (χ2v) is 4.09. The molecule has 1 aromatic rings. The molecule has 0 aliphatic carbocycles. The van der Waals surface area contributed by atoms with Gasteiger partial charge in [-0.3, -0.25) is 4.79 Å². The molecule has 1 aromatic carbocycles. The van der Waals surface area contributed by atoms with Crippen LogP contribution in [-0.2, 0) is 9.53 Å². The SMILES string of the molecule is COCCNC(=O)CCNc1ccc(N)cc1C. The van der Waals surface area contributed by atoms with Crippen LogP contribution in [0, 0.1) is 6.92 Å². The predicted octanol–water partition coefficient (Wildman–Crippen LogP) is 1.14. The van der Waals surface area contributed by atoms with Gasteiger partial charge in [0.1, 0.15) is 0 Å². The second-order valence-electron chi connectivity index (χ2n) is 4.09. The Morgan fingerprint density at radius 1 is 1.39 bits per heavy atom. The van der Waals surface area contributed by atoms with E-state index in [2.05, 4.69) is 10.6 Å². The van der Waals surface area contributed by atoms with Crippen LogP contribution in [0.2, 0.25) is 0 Å². The van der Waals surface area contributed by atoms with Crippen LogP contribution in [0.3, 0.4) is 0 Å². The van der Waals surface area contributed by atoms with Crippen molar-refractivity contribution < 1.29 is 9.53 Å². The number of rotatable bonds is 7. The largest absolute Gasteiger partial charge is 0.399 e. The Kier molecular flexibility index (Phi) is 6.00. The maximum absolute atomic E-state index is 11.4. The van der Waals surface area contributed by atoms with E-state index in [-0.39, 0.29) is 5.91 Å². The van der Waals surface area contributed by atoms with Crippen LogP contribution in [0.1, 0.15) is 12.0 Å². The monoisotopic (exact) mass is 251 g/mol. The Balaban J connectivity index is 2.26. The van der Waals surface area contributed by atoms with E-state index in [0.29, 0.717) is 26.1 Å². The fourth-order valence-corrected chi connectivity index (χ4v) is 1.58. The molecule has 5 nitrogen and oxygen atoms in total. The molecule has 0 saturated carbocycles. The van der Waals surface area contributed by atoms with Gasteiger partial charge < -0.3 is 21.1 Å². The van der Waals surface area contributed by atoms with E-state index < -0.39 is 0 Å². The van der Waals surface area contributed by atoms with Crippen LogP contribution >= 0.6 is 0 Å². The highest BCUT2D eigenvalue weighted by Gasteiger charge is 2.01. The number of nitrogen functional groups attached to an aromatic ring is 1. The molecule has 5 heteroatoms. The molecule has 0 unspecified atom stereocenters. The first-order valence-corrected chi connectivity index (χ1v) is 5.99. The fraction of sp³-hybridized carbons (Fsp3) is 0.462. The highest BCUT2D eigenvalue weighted by atomic mass is 16.5. The quantitative estimate of drug-likeness (QED) is 0.502. The number of amides is 1. The van der Waals surface area contributed by atoms with E-state index in [4.69, 9.17) is 10.5 Å². The van der Waals surface area contributed by atoms with Gasteiger partial charge in [-0.2, -0.15) is 0 Å². The Hall–Kier alpha value is -1.75. The maximum atomic E-state index is 11.4. The summed E-state index contributed by atoms with van der Waals surface area (Å²) in [6.45, 7) is 3.67. The van der Waals surface area contributed by atoms with Crippen LogP contribution in [0.15, 0.2) is 18.2 Å². The maximum Gasteiger partial charge on any atom is 0.221 e. The minimum atomic E-state index is 0.0210. The number of carbonyl (C=O) groups is 1. The molecule has 4 N–H and O–H groups in total. The van der Waals surface area contributed by atoms with Gasteiger partial charge >= 0.3 is 0 Å². The van der Waals surface area contributed by atoms with E-state index in [0.717, 1.165) is 16.9 Å². The van der Waals surface area contributed by atoms with Gasteiger partial charge in [-0.05, 0) is 30.7 Å². The second kappa shape index (κ2) is 7.55. The molecule has 0 aliphatic rings. The summed E-state index contributed by atoms with van der Waals surface area (Å²) in [4.78, 5) is 11.4.